The molecule has 5 atom stereocenters. The topological polar surface area (TPSA) is 60.5 Å². The van der Waals surface area contributed by atoms with Crippen LogP contribution < -0.4 is 5.32 Å². The standard InChI is InChI=1S/C33H47FN2O3Si/c1-32(2,3)38-31(37)36-27-15-16-28-24(19-27)20-30(39-40(7,8)33(4,5)6)29(28)17-14-26-13-12-23(21-35-26)22-10-9-11-25(34)18-22/h9-14,17-18,21,24,27-30H,15-16,19-20H2,1-8H3,(H,36,37)/b17-14+/t24-,27?,28-,29+,30-/m1/s1. The van der Waals surface area contributed by atoms with Crippen LogP contribution in [-0.2, 0) is 9.16 Å². The lowest BCUT2D eigenvalue weighted by atomic mass is 9.76. The molecule has 2 aromatic rings. The molecular weight excluding hydrogens is 519 g/mol. The lowest BCUT2D eigenvalue weighted by Gasteiger charge is -2.40. The minimum Gasteiger partial charge on any atom is -0.444 e. The van der Waals surface area contributed by atoms with E-state index in [-0.39, 0.29) is 29.1 Å². The fraction of sp³-hybridized carbons (Fsp3) is 0.576. The second kappa shape index (κ2) is 11.8. The van der Waals surface area contributed by atoms with Gasteiger partial charge in [0.2, 0.25) is 0 Å². The zero-order valence-corrected chi connectivity index (χ0v) is 26.5. The van der Waals surface area contributed by atoms with E-state index in [2.05, 4.69) is 56.3 Å². The van der Waals surface area contributed by atoms with Crippen LogP contribution in [0.5, 0.6) is 0 Å². The molecule has 1 amide bonds. The number of carbonyl (C=O) groups is 1. The van der Waals surface area contributed by atoms with Crippen molar-refractivity contribution in [2.45, 2.75) is 103 Å². The second-order valence-electron chi connectivity index (χ2n) is 14.2. The maximum Gasteiger partial charge on any atom is 0.407 e. The van der Waals surface area contributed by atoms with Gasteiger partial charge in [-0.3, -0.25) is 4.98 Å². The number of carbonyl (C=O) groups excluding carboxylic acids is 1. The first-order chi connectivity index (χ1) is 18.6. The van der Waals surface area contributed by atoms with Crippen molar-refractivity contribution in [3.8, 4) is 11.1 Å². The highest BCUT2D eigenvalue weighted by Gasteiger charge is 2.49. The number of nitrogens with one attached hydrogen (secondary N) is 1. The molecule has 1 unspecified atom stereocenters. The third kappa shape index (κ3) is 7.61. The Bertz CT molecular complexity index is 1200. The summed E-state index contributed by atoms with van der Waals surface area (Å²) in [5.74, 6) is 1.04. The van der Waals surface area contributed by atoms with Crippen molar-refractivity contribution in [3.05, 3.63) is 60.2 Å². The highest BCUT2D eigenvalue weighted by Crippen LogP contribution is 2.50. The number of halogens is 1. The van der Waals surface area contributed by atoms with Crippen LogP contribution in [0.1, 0.15) is 72.9 Å². The summed E-state index contributed by atoms with van der Waals surface area (Å²) in [6.45, 7) is 17.2. The van der Waals surface area contributed by atoms with Gasteiger partial charge in [0.15, 0.2) is 8.32 Å². The Morgan fingerprint density at radius 2 is 1.80 bits per heavy atom. The number of fused-ring (bicyclic) bond motifs is 1. The number of pyridine rings is 1. The van der Waals surface area contributed by atoms with Gasteiger partial charge in [-0.25, -0.2) is 9.18 Å². The number of amides is 1. The van der Waals surface area contributed by atoms with E-state index in [0.29, 0.717) is 17.8 Å². The normalized spacial score (nSPS) is 25.6. The number of alkyl carbamates (subject to hydrolysis) is 1. The summed E-state index contributed by atoms with van der Waals surface area (Å²) in [5, 5.41) is 3.25. The highest BCUT2D eigenvalue weighted by molar-refractivity contribution is 6.74. The number of hydrogen-bond acceptors (Lipinski definition) is 4. The molecule has 4 rings (SSSR count). The maximum atomic E-state index is 13.7. The van der Waals surface area contributed by atoms with Gasteiger partial charge in [-0.1, -0.05) is 45.0 Å². The molecule has 2 fully saturated rings. The van der Waals surface area contributed by atoms with E-state index in [4.69, 9.17) is 9.16 Å². The monoisotopic (exact) mass is 566 g/mol. The molecular formula is C33H47FN2O3Si. The molecule has 2 aliphatic rings. The van der Waals surface area contributed by atoms with Crippen LogP contribution in [0.25, 0.3) is 17.2 Å². The zero-order valence-electron chi connectivity index (χ0n) is 25.5. The smallest absolute Gasteiger partial charge is 0.407 e. The summed E-state index contributed by atoms with van der Waals surface area (Å²) in [4.78, 5) is 17.1. The van der Waals surface area contributed by atoms with E-state index < -0.39 is 13.9 Å². The van der Waals surface area contributed by atoms with Crippen LogP contribution in [0.4, 0.5) is 9.18 Å². The lowest BCUT2D eigenvalue weighted by Crippen LogP contribution is -2.45. The molecule has 1 heterocycles. The van der Waals surface area contributed by atoms with Crippen molar-refractivity contribution >= 4 is 20.5 Å². The third-order valence-corrected chi connectivity index (χ3v) is 13.4. The van der Waals surface area contributed by atoms with Crippen LogP contribution in [0.15, 0.2) is 48.7 Å². The molecule has 2 aliphatic carbocycles. The molecule has 0 radical (unpaired) electrons. The van der Waals surface area contributed by atoms with Crippen molar-refractivity contribution in [3.63, 3.8) is 0 Å². The molecule has 5 nitrogen and oxygen atoms in total. The number of hydrogen-bond donors (Lipinski definition) is 1. The van der Waals surface area contributed by atoms with Crippen molar-refractivity contribution in [2.75, 3.05) is 0 Å². The van der Waals surface area contributed by atoms with Gasteiger partial charge in [-0.05, 0) is 106 Å². The first-order valence-corrected chi connectivity index (χ1v) is 17.6. The summed E-state index contributed by atoms with van der Waals surface area (Å²) in [6.07, 6.45) is 10.0. The second-order valence-corrected chi connectivity index (χ2v) is 18.9. The molecule has 1 aromatic heterocycles. The van der Waals surface area contributed by atoms with Gasteiger partial charge in [-0.15, -0.1) is 0 Å². The molecule has 0 bridgehead atoms. The molecule has 40 heavy (non-hydrogen) atoms. The number of rotatable bonds is 6. The van der Waals surface area contributed by atoms with Gasteiger partial charge >= 0.3 is 6.09 Å². The van der Waals surface area contributed by atoms with Crippen molar-refractivity contribution < 1.29 is 18.3 Å². The number of aromatic nitrogens is 1. The Balaban J connectivity index is 1.50. The van der Waals surface area contributed by atoms with Crippen molar-refractivity contribution in [1.82, 2.24) is 10.3 Å². The molecule has 218 valence electrons. The van der Waals surface area contributed by atoms with Gasteiger partial charge in [0.25, 0.3) is 0 Å². The largest absolute Gasteiger partial charge is 0.444 e. The van der Waals surface area contributed by atoms with Crippen LogP contribution in [0.2, 0.25) is 18.1 Å². The van der Waals surface area contributed by atoms with Gasteiger partial charge < -0.3 is 14.5 Å². The van der Waals surface area contributed by atoms with Crippen LogP contribution in [0, 0.1) is 23.6 Å². The summed E-state index contributed by atoms with van der Waals surface area (Å²) in [7, 11) is -1.97. The average molecular weight is 567 g/mol. The number of ether oxygens (including phenoxy) is 1. The fourth-order valence-corrected chi connectivity index (χ4v) is 7.27. The molecule has 0 spiro atoms. The van der Waals surface area contributed by atoms with Gasteiger partial charge in [0, 0.05) is 23.7 Å². The molecule has 0 saturated heterocycles. The summed E-state index contributed by atoms with van der Waals surface area (Å²) in [6, 6.07) is 10.7. The SMILES string of the molecule is CC(C)(C)OC(=O)NC1CC[C@@H]2[C@H](C1)C[C@@H](O[Si](C)(C)C(C)(C)C)[C@H]2/C=C/c1ccc(-c2cccc(F)c2)cn1. The molecule has 7 heteroatoms. The minimum atomic E-state index is -1.97. The summed E-state index contributed by atoms with van der Waals surface area (Å²) < 4.78 is 26.2. The fourth-order valence-electron chi connectivity index (χ4n) is 5.90. The van der Waals surface area contributed by atoms with E-state index in [1.54, 1.807) is 6.07 Å². The summed E-state index contributed by atoms with van der Waals surface area (Å²) in [5.41, 5.74) is 2.10. The maximum absolute atomic E-state index is 13.7. The van der Waals surface area contributed by atoms with E-state index in [9.17, 15) is 9.18 Å². The van der Waals surface area contributed by atoms with Crippen molar-refractivity contribution in [1.29, 1.82) is 0 Å². The van der Waals surface area contributed by atoms with E-state index in [1.165, 1.54) is 12.1 Å². The molecule has 1 N–H and O–H groups in total. The Kier molecular flexibility index (Phi) is 8.96. The molecule has 2 saturated carbocycles. The Hall–Kier alpha value is -2.51. The average Bonchev–Trinajstić information content (AvgIpc) is 3.16. The Labute approximate surface area is 241 Å². The van der Waals surface area contributed by atoms with Crippen LogP contribution >= 0.6 is 0 Å². The predicted octanol–water partition coefficient (Wildman–Crippen LogP) is 8.62. The summed E-state index contributed by atoms with van der Waals surface area (Å²) >= 11 is 0. The van der Waals surface area contributed by atoms with E-state index in [1.807, 2.05) is 45.2 Å². The highest BCUT2D eigenvalue weighted by atomic mass is 28.4. The molecule has 0 aliphatic heterocycles. The Morgan fingerprint density at radius 1 is 1.05 bits per heavy atom. The Morgan fingerprint density at radius 3 is 2.42 bits per heavy atom. The van der Waals surface area contributed by atoms with Crippen LogP contribution in [0.3, 0.4) is 0 Å². The third-order valence-electron chi connectivity index (χ3n) is 8.91. The van der Waals surface area contributed by atoms with E-state index in [0.717, 1.165) is 42.5 Å². The zero-order chi connectivity index (χ0) is 29.3. The molecule has 1 aromatic carbocycles. The van der Waals surface area contributed by atoms with Crippen LogP contribution in [-0.4, -0.2) is 37.1 Å². The minimum absolute atomic E-state index is 0.129. The van der Waals surface area contributed by atoms with Gasteiger partial charge in [0.05, 0.1) is 11.8 Å². The first kappa shape index (κ1) is 30.4. The predicted molar refractivity (Wildman–Crippen MR) is 163 cm³/mol. The van der Waals surface area contributed by atoms with Crippen molar-refractivity contribution in [2.24, 2.45) is 17.8 Å². The van der Waals surface area contributed by atoms with Gasteiger partial charge in [0.1, 0.15) is 11.4 Å². The van der Waals surface area contributed by atoms with Gasteiger partial charge in [-0.2, -0.15) is 0 Å². The number of benzene rings is 1. The lowest BCUT2D eigenvalue weighted by molar-refractivity contribution is 0.0474. The quantitative estimate of drug-likeness (QED) is 0.356. The van der Waals surface area contributed by atoms with E-state index >= 15 is 0 Å². The number of nitrogens with zero attached hydrogens (tertiary/aromatic N) is 1. The first-order valence-electron chi connectivity index (χ1n) is 14.7.